The van der Waals surface area contributed by atoms with Crippen LogP contribution in [0.5, 0.6) is 0 Å². The third-order valence-corrected chi connectivity index (χ3v) is 3.17. The number of halogens is 2. The summed E-state index contributed by atoms with van der Waals surface area (Å²) in [7, 11) is 0. The molecule has 0 aromatic carbocycles. The van der Waals surface area contributed by atoms with E-state index in [1.165, 1.54) is 0 Å². The Balaban J connectivity index is 2.27. The third-order valence-electron chi connectivity index (χ3n) is 2.66. The van der Waals surface area contributed by atoms with Crippen molar-refractivity contribution in [2.45, 2.75) is 20.4 Å². The smallest absolute Gasteiger partial charge is 0.272 e. The molecule has 0 atom stereocenters. The van der Waals surface area contributed by atoms with Gasteiger partial charge in [-0.15, -0.1) is 0 Å². The minimum Gasteiger partial charge on any atom is -0.342 e. The van der Waals surface area contributed by atoms with E-state index >= 15 is 0 Å². The maximum absolute atomic E-state index is 12.2. The summed E-state index contributed by atoms with van der Waals surface area (Å²) >= 11 is 11.9. The number of amides is 1. The molecular formula is C13H13Cl2N3O. The van der Waals surface area contributed by atoms with Crippen LogP contribution in [0.2, 0.25) is 10.2 Å². The van der Waals surface area contributed by atoms with E-state index in [2.05, 4.69) is 10.3 Å². The third kappa shape index (κ3) is 3.08. The molecule has 2 heterocycles. The van der Waals surface area contributed by atoms with Crippen molar-refractivity contribution in [1.29, 1.82) is 0 Å². The lowest BCUT2D eigenvalue weighted by Crippen LogP contribution is -2.16. The SMILES string of the molecule is CCn1cc(Cl)cc1C(=O)Nc1cc(C)cnc1Cl. The van der Waals surface area contributed by atoms with Crippen LogP contribution in [0.15, 0.2) is 24.5 Å². The van der Waals surface area contributed by atoms with Crippen molar-refractivity contribution in [3.05, 3.63) is 46.0 Å². The maximum atomic E-state index is 12.2. The summed E-state index contributed by atoms with van der Waals surface area (Å²) in [4.78, 5) is 16.2. The van der Waals surface area contributed by atoms with Crippen molar-refractivity contribution in [3.8, 4) is 0 Å². The Hall–Kier alpha value is -1.52. The van der Waals surface area contributed by atoms with E-state index in [0.29, 0.717) is 22.9 Å². The molecule has 19 heavy (non-hydrogen) atoms. The molecule has 0 aliphatic carbocycles. The first-order valence-corrected chi connectivity index (χ1v) is 6.56. The number of rotatable bonds is 3. The minimum absolute atomic E-state index is 0.261. The van der Waals surface area contributed by atoms with Gasteiger partial charge in [0.25, 0.3) is 5.91 Å². The Morgan fingerprint density at radius 2 is 2.16 bits per heavy atom. The number of carbonyl (C=O) groups excluding carboxylic acids is 1. The van der Waals surface area contributed by atoms with E-state index in [1.807, 2.05) is 13.8 Å². The Kier molecular flexibility index (Phi) is 4.12. The molecule has 0 saturated carbocycles. The van der Waals surface area contributed by atoms with Crippen LogP contribution in [0.25, 0.3) is 0 Å². The van der Waals surface area contributed by atoms with Crippen LogP contribution in [0.4, 0.5) is 5.69 Å². The fourth-order valence-corrected chi connectivity index (χ4v) is 2.13. The Bertz CT molecular complexity index is 622. The van der Waals surface area contributed by atoms with Gasteiger partial charge in [-0.3, -0.25) is 4.79 Å². The monoisotopic (exact) mass is 297 g/mol. The molecule has 1 amide bonds. The Labute approximate surface area is 121 Å². The predicted molar refractivity (Wildman–Crippen MR) is 77.1 cm³/mol. The molecule has 0 aliphatic rings. The lowest BCUT2D eigenvalue weighted by Gasteiger charge is -2.09. The highest BCUT2D eigenvalue weighted by atomic mass is 35.5. The molecule has 2 rings (SSSR count). The number of aryl methyl sites for hydroxylation is 2. The summed E-state index contributed by atoms with van der Waals surface area (Å²) in [6, 6.07) is 3.39. The largest absolute Gasteiger partial charge is 0.342 e. The van der Waals surface area contributed by atoms with Gasteiger partial charge in [0.15, 0.2) is 5.15 Å². The highest BCUT2D eigenvalue weighted by Gasteiger charge is 2.14. The number of anilines is 1. The first kappa shape index (κ1) is 13.9. The number of aromatic nitrogens is 2. The molecule has 2 aromatic rings. The summed E-state index contributed by atoms with van der Waals surface area (Å²) in [5.41, 5.74) is 1.90. The van der Waals surface area contributed by atoms with Gasteiger partial charge in [-0.05, 0) is 31.5 Å². The number of carbonyl (C=O) groups is 1. The zero-order chi connectivity index (χ0) is 14.0. The van der Waals surface area contributed by atoms with Gasteiger partial charge in [0.2, 0.25) is 0 Å². The van der Waals surface area contributed by atoms with Gasteiger partial charge in [0.1, 0.15) is 5.69 Å². The molecule has 0 aliphatic heterocycles. The van der Waals surface area contributed by atoms with Crippen LogP contribution in [0, 0.1) is 6.92 Å². The Morgan fingerprint density at radius 3 is 2.84 bits per heavy atom. The summed E-state index contributed by atoms with van der Waals surface area (Å²) in [6.45, 7) is 4.48. The maximum Gasteiger partial charge on any atom is 0.272 e. The average Bonchev–Trinajstić information content (AvgIpc) is 2.75. The van der Waals surface area contributed by atoms with Gasteiger partial charge in [0, 0.05) is 18.9 Å². The second-order valence-corrected chi connectivity index (χ2v) is 4.93. The topological polar surface area (TPSA) is 46.9 Å². The Morgan fingerprint density at radius 1 is 1.42 bits per heavy atom. The molecular weight excluding hydrogens is 285 g/mol. The molecule has 0 fully saturated rings. The first-order chi connectivity index (χ1) is 9.01. The normalized spacial score (nSPS) is 10.5. The molecule has 0 spiro atoms. The molecule has 6 heteroatoms. The van der Waals surface area contributed by atoms with E-state index < -0.39 is 0 Å². The number of hydrogen-bond acceptors (Lipinski definition) is 2. The van der Waals surface area contributed by atoms with Crippen molar-refractivity contribution < 1.29 is 4.79 Å². The summed E-state index contributed by atoms with van der Waals surface area (Å²) < 4.78 is 1.77. The second-order valence-electron chi connectivity index (χ2n) is 4.13. The summed E-state index contributed by atoms with van der Waals surface area (Å²) in [5, 5.41) is 3.53. The van der Waals surface area contributed by atoms with Crippen LogP contribution in [-0.4, -0.2) is 15.5 Å². The van der Waals surface area contributed by atoms with E-state index in [4.69, 9.17) is 23.2 Å². The predicted octanol–water partition coefficient (Wildman–Crippen LogP) is 3.77. The van der Waals surface area contributed by atoms with Gasteiger partial charge in [0.05, 0.1) is 10.7 Å². The number of nitrogens with zero attached hydrogens (tertiary/aromatic N) is 2. The average molecular weight is 298 g/mol. The number of nitrogens with one attached hydrogen (secondary N) is 1. The first-order valence-electron chi connectivity index (χ1n) is 5.80. The lowest BCUT2D eigenvalue weighted by atomic mass is 10.3. The summed E-state index contributed by atoms with van der Waals surface area (Å²) in [5.74, 6) is -0.261. The van der Waals surface area contributed by atoms with Gasteiger partial charge in [-0.1, -0.05) is 23.2 Å². The molecule has 0 radical (unpaired) electrons. The van der Waals surface area contributed by atoms with Gasteiger partial charge in [-0.25, -0.2) is 4.98 Å². The molecule has 1 N–H and O–H groups in total. The van der Waals surface area contributed by atoms with Crippen molar-refractivity contribution in [3.63, 3.8) is 0 Å². The molecule has 0 unspecified atom stereocenters. The van der Waals surface area contributed by atoms with Crippen LogP contribution in [0.1, 0.15) is 23.0 Å². The summed E-state index contributed by atoms with van der Waals surface area (Å²) in [6.07, 6.45) is 3.36. The van der Waals surface area contributed by atoms with E-state index in [1.54, 1.807) is 29.1 Å². The van der Waals surface area contributed by atoms with Crippen LogP contribution in [-0.2, 0) is 6.54 Å². The van der Waals surface area contributed by atoms with E-state index in [9.17, 15) is 4.79 Å². The van der Waals surface area contributed by atoms with Crippen molar-refractivity contribution in [1.82, 2.24) is 9.55 Å². The standard InChI is InChI=1S/C13H13Cl2N3O/c1-3-18-7-9(14)5-11(18)13(19)17-10-4-8(2)6-16-12(10)15/h4-7H,3H2,1-2H3,(H,17,19). The minimum atomic E-state index is -0.261. The lowest BCUT2D eigenvalue weighted by molar-refractivity contribution is 0.101. The van der Waals surface area contributed by atoms with Crippen molar-refractivity contribution in [2.24, 2.45) is 0 Å². The molecule has 0 bridgehead atoms. The van der Waals surface area contributed by atoms with E-state index in [-0.39, 0.29) is 11.1 Å². The van der Waals surface area contributed by atoms with Crippen LogP contribution >= 0.6 is 23.2 Å². The zero-order valence-electron chi connectivity index (χ0n) is 10.6. The highest BCUT2D eigenvalue weighted by Crippen LogP contribution is 2.21. The fraction of sp³-hybridized carbons (Fsp3) is 0.231. The van der Waals surface area contributed by atoms with Crippen molar-refractivity contribution >= 4 is 34.8 Å². The zero-order valence-corrected chi connectivity index (χ0v) is 12.1. The fourth-order valence-electron chi connectivity index (χ4n) is 1.75. The van der Waals surface area contributed by atoms with Crippen LogP contribution in [0.3, 0.4) is 0 Å². The number of pyridine rings is 1. The molecule has 4 nitrogen and oxygen atoms in total. The van der Waals surface area contributed by atoms with Gasteiger partial charge in [-0.2, -0.15) is 0 Å². The number of hydrogen-bond donors (Lipinski definition) is 1. The van der Waals surface area contributed by atoms with Gasteiger partial charge >= 0.3 is 0 Å². The molecule has 0 saturated heterocycles. The highest BCUT2D eigenvalue weighted by molar-refractivity contribution is 6.33. The van der Waals surface area contributed by atoms with E-state index in [0.717, 1.165) is 5.56 Å². The molecule has 100 valence electrons. The molecule has 2 aromatic heterocycles. The van der Waals surface area contributed by atoms with Crippen LogP contribution < -0.4 is 5.32 Å². The second kappa shape index (κ2) is 5.63. The quantitative estimate of drug-likeness (QED) is 0.877. The van der Waals surface area contributed by atoms with Crippen molar-refractivity contribution in [2.75, 3.05) is 5.32 Å². The van der Waals surface area contributed by atoms with Gasteiger partial charge < -0.3 is 9.88 Å².